The molecule has 13 heteroatoms. The maximum Gasteiger partial charge on any atom is 0.416 e. The number of halogens is 3. The van der Waals surface area contributed by atoms with E-state index in [4.69, 9.17) is 0 Å². The summed E-state index contributed by atoms with van der Waals surface area (Å²) >= 11 is 0. The van der Waals surface area contributed by atoms with Crippen molar-refractivity contribution in [1.82, 2.24) is 24.1 Å². The minimum atomic E-state index is -4.67. The normalized spacial score (nSPS) is 15.5. The summed E-state index contributed by atoms with van der Waals surface area (Å²) < 4.78 is 67.5. The van der Waals surface area contributed by atoms with Gasteiger partial charge in [-0.25, -0.2) is 13.4 Å². The molecule has 1 aromatic carbocycles. The van der Waals surface area contributed by atoms with Crippen molar-refractivity contribution in [2.45, 2.75) is 36.4 Å². The Hall–Kier alpha value is -3.79. The Morgan fingerprint density at radius 3 is 2.59 bits per heavy atom. The Morgan fingerprint density at radius 1 is 1.24 bits per heavy atom. The molecule has 1 saturated carbocycles. The van der Waals surface area contributed by atoms with Crippen molar-refractivity contribution >= 4 is 26.4 Å². The molecule has 5 rings (SSSR count). The smallest absolute Gasteiger partial charge is 0.272 e. The van der Waals surface area contributed by atoms with Gasteiger partial charge in [0.1, 0.15) is 0 Å². The number of hydrogen-bond acceptors (Lipinski definition) is 7. The topological polar surface area (TPSA) is 123 Å². The van der Waals surface area contributed by atoms with Gasteiger partial charge in [-0.3, -0.25) is 9.20 Å². The standard InChI is InChI=1S/C21H15F3N6O3S/c1-2-34(32,33)18-16(28-19-26-9-14(10-29(18)19)20(11-25)5-6-20)30-17(31)15-7-13(21(22,23)24)4-3-12(15)8-27-30/h3-4,7-10H,2,5-6H2,1H3. The number of hydrogen-bond donors (Lipinski definition) is 0. The maximum atomic E-state index is 13.2. The quantitative estimate of drug-likeness (QED) is 0.433. The lowest BCUT2D eigenvalue weighted by Gasteiger charge is -2.10. The van der Waals surface area contributed by atoms with Gasteiger partial charge in [-0.2, -0.15) is 33.2 Å². The minimum Gasteiger partial charge on any atom is -0.272 e. The molecule has 4 aromatic rings. The van der Waals surface area contributed by atoms with Crippen LogP contribution >= 0.6 is 0 Å². The van der Waals surface area contributed by atoms with Crippen LogP contribution in [-0.2, 0) is 21.4 Å². The number of benzene rings is 1. The lowest BCUT2D eigenvalue weighted by atomic mass is 10.0. The molecule has 0 amide bonds. The summed E-state index contributed by atoms with van der Waals surface area (Å²) in [6, 6.07) is 4.86. The van der Waals surface area contributed by atoms with Crippen molar-refractivity contribution in [2.75, 3.05) is 5.75 Å². The van der Waals surface area contributed by atoms with E-state index in [1.807, 2.05) is 0 Å². The van der Waals surface area contributed by atoms with Crippen molar-refractivity contribution in [3.05, 3.63) is 58.3 Å². The van der Waals surface area contributed by atoms with E-state index in [-0.39, 0.29) is 33.1 Å². The van der Waals surface area contributed by atoms with Crippen LogP contribution in [0.3, 0.4) is 0 Å². The number of nitrogens with zero attached hydrogens (tertiary/aromatic N) is 6. The number of rotatable bonds is 4. The summed E-state index contributed by atoms with van der Waals surface area (Å²) in [6.45, 7) is 1.40. The first-order chi connectivity index (χ1) is 16.0. The minimum absolute atomic E-state index is 0.0580. The van der Waals surface area contributed by atoms with Crippen LogP contribution in [0.5, 0.6) is 0 Å². The molecule has 0 N–H and O–H groups in total. The maximum absolute atomic E-state index is 13.2. The molecule has 34 heavy (non-hydrogen) atoms. The van der Waals surface area contributed by atoms with Crippen LogP contribution in [0, 0.1) is 11.3 Å². The second-order valence-electron chi connectivity index (χ2n) is 8.01. The molecule has 0 saturated heterocycles. The summed E-state index contributed by atoms with van der Waals surface area (Å²) in [4.78, 5) is 21.5. The molecular formula is C21H15F3N6O3S. The molecule has 174 valence electrons. The highest BCUT2D eigenvalue weighted by Gasteiger charge is 2.46. The Balaban J connectivity index is 1.82. The zero-order valence-electron chi connectivity index (χ0n) is 17.5. The van der Waals surface area contributed by atoms with Crippen LogP contribution in [0.1, 0.15) is 30.9 Å². The molecule has 9 nitrogen and oxygen atoms in total. The molecule has 0 unspecified atom stereocenters. The zero-order valence-corrected chi connectivity index (χ0v) is 18.4. The SMILES string of the molecule is CCS(=O)(=O)c1c(-n2ncc3ccc(C(F)(F)F)cc3c2=O)nc2ncc(C3(C#N)CC3)cn12. The number of imidazole rings is 1. The van der Waals surface area contributed by atoms with Crippen molar-refractivity contribution in [1.29, 1.82) is 5.26 Å². The van der Waals surface area contributed by atoms with E-state index in [1.165, 1.54) is 23.7 Å². The summed E-state index contributed by atoms with van der Waals surface area (Å²) in [5, 5.41) is 13.0. The average Bonchev–Trinajstić information content (AvgIpc) is 3.51. The summed E-state index contributed by atoms with van der Waals surface area (Å²) in [7, 11) is -4.01. The molecule has 3 aromatic heterocycles. The Kier molecular flexibility index (Phi) is 4.60. The lowest BCUT2D eigenvalue weighted by molar-refractivity contribution is -0.137. The van der Waals surface area contributed by atoms with Crippen LogP contribution in [0.2, 0.25) is 0 Å². The second kappa shape index (κ2) is 7.10. The Labute approximate surface area is 190 Å². The molecule has 1 aliphatic rings. The first-order valence-electron chi connectivity index (χ1n) is 10.1. The summed E-state index contributed by atoms with van der Waals surface area (Å²) in [5.41, 5.74) is -2.24. The van der Waals surface area contributed by atoms with E-state index in [0.717, 1.165) is 18.3 Å². The molecule has 0 radical (unpaired) electrons. The number of nitriles is 1. The van der Waals surface area contributed by atoms with Crippen LogP contribution in [0.15, 0.2) is 46.6 Å². The number of alkyl halides is 3. The molecule has 0 atom stereocenters. The van der Waals surface area contributed by atoms with Crippen LogP contribution < -0.4 is 5.56 Å². The van der Waals surface area contributed by atoms with Gasteiger partial charge in [0, 0.05) is 23.3 Å². The first-order valence-corrected chi connectivity index (χ1v) is 11.8. The number of fused-ring (bicyclic) bond motifs is 2. The monoisotopic (exact) mass is 488 g/mol. The van der Waals surface area contributed by atoms with Crippen molar-refractivity contribution < 1.29 is 21.6 Å². The van der Waals surface area contributed by atoms with Crippen LogP contribution in [0.4, 0.5) is 13.2 Å². The van der Waals surface area contributed by atoms with Gasteiger partial charge in [-0.05, 0) is 25.0 Å². The molecule has 0 bridgehead atoms. The Morgan fingerprint density at radius 2 is 1.97 bits per heavy atom. The molecule has 3 heterocycles. The predicted molar refractivity (Wildman–Crippen MR) is 113 cm³/mol. The van der Waals surface area contributed by atoms with Gasteiger partial charge in [-0.15, -0.1) is 0 Å². The highest BCUT2D eigenvalue weighted by atomic mass is 32.2. The molecule has 0 aliphatic heterocycles. The van der Waals surface area contributed by atoms with Gasteiger partial charge < -0.3 is 0 Å². The van der Waals surface area contributed by atoms with Gasteiger partial charge >= 0.3 is 6.18 Å². The van der Waals surface area contributed by atoms with Crippen molar-refractivity contribution in [3.63, 3.8) is 0 Å². The molecular weight excluding hydrogens is 473 g/mol. The largest absolute Gasteiger partial charge is 0.416 e. The van der Waals surface area contributed by atoms with Crippen molar-refractivity contribution in [3.8, 4) is 11.9 Å². The van der Waals surface area contributed by atoms with Crippen LogP contribution in [-0.4, -0.2) is 38.3 Å². The van der Waals surface area contributed by atoms with Gasteiger partial charge in [0.15, 0.2) is 20.7 Å². The molecule has 1 fully saturated rings. The first kappa shape index (κ1) is 22.0. The average molecular weight is 488 g/mol. The van der Waals surface area contributed by atoms with Crippen LogP contribution in [0.25, 0.3) is 22.4 Å². The van der Waals surface area contributed by atoms with Gasteiger partial charge in [-0.1, -0.05) is 13.0 Å². The Bertz CT molecular complexity index is 1700. The van der Waals surface area contributed by atoms with E-state index in [1.54, 1.807) is 0 Å². The third kappa shape index (κ3) is 3.25. The fourth-order valence-electron chi connectivity index (χ4n) is 3.77. The summed E-state index contributed by atoms with van der Waals surface area (Å²) in [6.07, 6.45) is 0.566. The van der Waals surface area contributed by atoms with E-state index < -0.39 is 32.6 Å². The van der Waals surface area contributed by atoms with E-state index in [9.17, 15) is 31.6 Å². The fraction of sp³-hybridized carbons (Fsp3) is 0.286. The third-order valence-corrected chi connectivity index (χ3v) is 7.65. The summed E-state index contributed by atoms with van der Waals surface area (Å²) in [5.74, 6) is -0.780. The number of sulfone groups is 1. The highest BCUT2D eigenvalue weighted by molar-refractivity contribution is 7.91. The number of aromatic nitrogens is 5. The van der Waals surface area contributed by atoms with Gasteiger partial charge in [0.2, 0.25) is 5.78 Å². The fourth-order valence-corrected chi connectivity index (χ4v) is 4.89. The van der Waals surface area contributed by atoms with E-state index in [2.05, 4.69) is 21.1 Å². The third-order valence-electron chi connectivity index (χ3n) is 5.93. The van der Waals surface area contributed by atoms with Gasteiger partial charge in [0.05, 0.1) is 34.4 Å². The van der Waals surface area contributed by atoms with E-state index >= 15 is 0 Å². The second-order valence-corrected chi connectivity index (χ2v) is 10.2. The molecule has 1 aliphatic carbocycles. The van der Waals surface area contributed by atoms with Crippen molar-refractivity contribution in [2.24, 2.45) is 0 Å². The van der Waals surface area contributed by atoms with E-state index in [0.29, 0.717) is 29.2 Å². The lowest BCUT2D eigenvalue weighted by Crippen LogP contribution is -2.24. The molecule has 0 spiro atoms. The highest BCUT2D eigenvalue weighted by Crippen LogP contribution is 2.47. The predicted octanol–water partition coefficient (Wildman–Crippen LogP) is 2.80. The zero-order chi connectivity index (χ0) is 24.5. The van der Waals surface area contributed by atoms with Gasteiger partial charge in [0.25, 0.3) is 5.56 Å².